The van der Waals surface area contributed by atoms with Crippen LogP contribution in [0.3, 0.4) is 0 Å². The Balaban J connectivity index is 1.57. The van der Waals surface area contributed by atoms with Crippen molar-refractivity contribution < 1.29 is 9.53 Å². The van der Waals surface area contributed by atoms with E-state index in [1.807, 2.05) is 25.1 Å². The van der Waals surface area contributed by atoms with E-state index >= 15 is 0 Å². The number of ether oxygens (including phenoxy) is 1. The van der Waals surface area contributed by atoms with E-state index in [0.717, 1.165) is 48.4 Å². The fourth-order valence-electron chi connectivity index (χ4n) is 3.72. The summed E-state index contributed by atoms with van der Waals surface area (Å²) in [6.45, 7) is 9.50. The van der Waals surface area contributed by atoms with E-state index in [-0.39, 0.29) is 11.9 Å². The summed E-state index contributed by atoms with van der Waals surface area (Å²) in [4.78, 5) is 16.3. The van der Waals surface area contributed by atoms with E-state index in [1.54, 1.807) is 0 Å². The van der Waals surface area contributed by atoms with E-state index < -0.39 is 0 Å². The fourth-order valence-corrected chi connectivity index (χ4v) is 3.72. The lowest BCUT2D eigenvalue weighted by molar-refractivity contribution is -0.119. The van der Waals surface area contributed by atoms with Gasteiger partial charge in [0.2, 0.25) is 5.91 Å². The number of nitrogens with one attached hydrogen (secondary N) is 1. The molecule has 0 radical (unpaired) electrons. The summed E-state index contributed by atoms with van der Waals surface area (Å²) >= 11 is 0. The van der Waals surface area contributed by atoms with Crippen molar-refractivity contribution in [2.45, 2.75) is 65.5 Å². The van der Waals surface area contributed by atoms with Crippen LogP contribution < -0.4 is 10.1 Å². The van der Waals surface area contributed by atoms with Crippen LogP contribution in [0.2, 0.25) is 0 Å². The predicted molar refractivity (Wildman–Crippen MR) is 122 cm³/mol. The number of rotatable bonds is 10. The predicted octanol–water partition coefficient (Wildman–Crippen LogP) is 5.61. The lowest BCUT2D eigenvalue weighted by Crippen LogP contribution is -2.26. The van der Waals surface area contributed by atoms with E-state index in [1.165, 1.54) is 12.5 Å². The number of hydrogen-bond donors (Lipinski definition) is 1. The van der Waals surface area contributed by atoms with Crippen LogP contribution in [0.1, 0.15) is 70.3 Å². The molecule has 5 nitrogen and oxygen atoms in total. The molecule has 3 rings (SSSR count). The maximum absolute atomic E-state index is 11.5. The van der Waals surface area contributed by atoms with Crippen LogP contribution in [0.5, 0.6) is 5.75 Å². The molecule has 3 aromatic rings. The number of unbranched alkanes of at least 4 members (excludes halogenated alkanes) is 1. The second-order valence-electron chi connectivity index (χ2n) is 7.97. The Hall–Kier alpha value is -2.82. The zero-order valence-electron chi connectivity index (χ0n) is 18.5. The van der Waals surface area contributed by atoms with Crippen molar-refractivity contribution in [2.24, 2.45) is 0 Å². The molecule has 0 fully saturated rings. The van der Waals surface area contributed by atoms with E-state index in [0.29, 0.717) is 12.5 Å². The highest BCUT2D eigenvalue weighted by atomic mass is 16.5. The van der Waals surface area contributed by atoms with Gasteiger partial charge in [-0.2, -0.15) is 0 Å². The first-order valence-corrected chi connectivity index (χ1v) is 10.9. The number of imidazole rings is 1. The van der Waals surface area contributed by atoms with Crippen molar-refractivity contribution in [3.63, 3.8) is 0 Å². The highest BCUT2D eigenvalue weighted by Crippen LogP contribution is 2.23. The summed E-state index contributed by atoms with van der Waals surface area (Å²) in [5.41, 5.74) is 3.42. The third kappa shape index (κ3) is 5.41. The molecule has 0 aliphatic rings. The number of para-hydroxylation sites is 2. The number of amides is 1. The number of nitrogens with zero attached hydrogens (tertiary/aromatic N) is 2. The van der Waals surface area contributed by atoms with Gasteiger partial charge in [-0.1, -0.05) is 38.1 Å². The first-order chi connectivity index (χ1) is 14.5. The number of carbonyl (C=O) groups excluding carboxylic acids is 1. The number of fused-ring (bicyclic) bond motifs is 1. The molecule has 2 atom stereocenters. The molecule has 2 unspecified atom stereocenters. The van der Waals surface area contributed by atoms with Gasteiger partial charge >= 0.3 is 0 Å². The monoisotopic (exact) mass is 407 g/mol. The van der Waals surface area contributed by atoms with Gasteiger partial charge < -0.3 is 14.6 Å². The van der Waals surface area contributed by atoms with Gasteiger partial charge in [-0.3, -0.25) is 4.79 Å². The van der Waals surface area contributed by atoms with Crippen LogP contribution in [-0.4, -0.2) is 22.1 Å². The average Bonchev–Trinajstić information content (AvgIpc) is 3.12. The largest absolute Gasteiger partial charge is 0.494 e. The van der Waals surface area contributed by atoms with E-state index in [4.69, 9.17) is 9.72 Å². The minimum Gasteiger partial charge on any atom is -0.494 e. The Bertz CT molecular complexity index is 962. The van der Waals surface area contributed by atoms with Crippen molar-refractivity contribution in [1.29, 1.82) is 0 Å². The summed E-state index contributed by atoms with van der Waals surface area (Å²) in [6, 6.07) is 16.5. The SMILES string of the molecule is CCC(C)c1ccc(OCCCCn2c(C(C)NC(C)=O)nc3ccccc32)cc1. The molecule has 0 spiro atoms. The second kappa shape index (κ2) is 10.3. The van der Waals surface area contributed by atoms with Crippen molar-refractivity contribution in [3.05, 3.63) is 59.9 Å². The van der Waals surface area contributed by atoms with Crippen LogP contribution in [0.25, 0.3) is 11.0 Å². The maximum Gasteiger partial charge on any atom is 0.217 e. The molecule has 160 valence electrons. The molecule has 1 N–H and O–H groups in total. The Morgan fingerprint density at radius 1 is 1.10 bits per heavy atom. The first kappa shape index (κ1) is 21.9. The molecule has 0 aliphatic heterocycles. The Labute approximate surface area is 179 Å². The zero-order valence-corrected chi connectivity index (χ0v) is 18.5. The summed E-state index contributed by atoms with van der Waals surface area (Å²) in [5.74, 6) is 2.36. The minimum atomic E-state index is -0.129. The van der Waals surface area contributed by atoms with E-state index in [9.17, 15) is 4.79 Å². The Morgan fingerprint density at radius 3 is 2.53 bits per heavy atom. The summed E-state index contributed by atoms with van der Waals surface area (Å²) in [5, 5.41) is 2.95. The van der Waals surface area contributed by atoms with Crippen LogP contribution in [0.4, 0.5) is 0 Å². The van der Waals surface area contributed by atoms with E-state index in [2.05, 4.69) is 54.1 Å². The van der Waals surface area contributed by atoms with Crippen molar-refractivity contribution in [3.8, 4) is 5.75 Å². The molecule has 5 heteroatoms. The third-order valence-electron chi connectivity index (χ3n) is 5.60. The molecular weight excluding hydrogens is 374 g/mol. The molecule has 2 aromatic carbocycles. The van der Waals surface area contributed by atoms with Crippen molar-refractivity contribution in [1.82, 2.24) is 14.9 Å². The molecular formula is C25H33N3O2. The van der Waals surface area contributed by atoms with Gasteiger partial charge in [0.25, 0.3) is 0 Å². The van der Waals surface area contributed by atoms with Gasteiger partial charge in [-0.15, -0.1) is 0 Å². The summed E-state index contributed by atoms with van der Waals surface area (Å²) in [6.07, 6.45) is 3.07. The lowest BCUT2D eigenvalue weighted by Gasteiger charge is -2.15. The molecule has 1 heterocycles. The van der Waals surface area contributed by atoms with Gasteiger partial charge in [0.05, 0.1) is 23.7 Å². The molecule has 0 saturated carbocycles. The van der Waals surface area contributed by atoms with Gasteiger partial charge in [0, 0.05) is 13.5 Å². The lowest BCUT2D eigenvalue weighted by atomic mass is 9.99. The molecule has 1 aromatic heterocycles. The minimum absolute atomic E-state index is 0.0474. The van der Waals surface area contributed by atoms with Gasteiger partial charge in [-0.05, 0) is 61.9 Å². The van der Waals surface area contributed by atoms with Crippen LogP contribution in [0, 0.1) is 0 Å². The molecule has 0 bridgehead atoms. The highest BCUT2D eigenvalue weighted by molar-refractivity contribution is 5.77. The van der Waals surface area contributed by atoms with Gasteiger partial charge in [0.15, 0.2) is 0 Å². The smallest absolute Gasteiger partial charge is 0.217 e. The fraction of sp³-hybridized carbons (Fsp3) is 0.440. The highest BCUT2D eigenvalue weighted by Gasteiger charge is 2.17. The van der Waals surface area contributed by atoms with Crippen LogP contribution >= 0.6 is 0 Å². The number of carbonyl (C=O) groups is 1. The summed E-state index contributed by atoms with van der Waals surface area (Å²) < 4.78 is 8.15. The van der Waals surface area contributed by atoms with Crippen LogP contribution in [0.15, 0.2) is 48.5 Å². The number of aryl methyl sites for hydroxylation is 1. The number of aromatic nitrogens is 2. The summed E-state index contributed by atoms with van der Waals surface area (Å²) in [7, 11) is 0. The first-order valence-electron chi connectivity index (χ1n) is 10.9. The molecule has 1 amide bonds. The Morgan fingerprint density at radius 2 is 1.83 bits per heavy atom. The normalized spacial score (nSPS) is 13.2. The average molecular weight is 408 g/mol. The number of benzene rings is 2. The molecule has 0 aliphatic carbocycles. The number of hydrogen-bond acceptors (Lipinski definition) is 3. The van der Waals surface area contributed by atoms with Crippen LogP contribution in [-0.2, 0) is 11.3 Å². The third-order valence-corrected chi connectivity index (χ3v) is 5.60. The maximum atomic E-state index is 11.5. The van der Waals surface area contributed by atoms with Gasteiger partial charge in [-0.25, -0.2) is 4.98 Å². The zero-order chi connectivity index (χ0) is 21.5. The van der Waals surface area contributed by atoms with Crippen molar-refractivity contribution >= 4 is 16.9 Å². The molecule has 30 heavy (non-hydrogen) atoms. The quantitative estimate of drug-likeness (QED) is 0.445. The molecule has 0 saturated heterocycles. The Kier molecular flexibility index (Phi) is 7.50. The second-order valence-corrected chi connectivity index (χ2v) is 7.97. The van der Waals surface area contributed by atoms with Crippen molar-refractivity contribution in [2.75, 3.05) is 6.61 Å². The van der Waals surface area contributed by atoms with Gasteiger partial charge in [0.1, 0.15) is 11.6 Å². The topological polar surface area (TPSA) is 56.1 Å². The standard InChI is InChI=1S/C25H33N3O2/c1-5-18(2)21-12-14-22(15-13-21)30-17-9-8-16-28-24-11-7-6-10-23(24)27-25(28)19(3)26-20(4)29/h6-7,10-15,18-19H,5,8-9,16-17H2,1-4H3,(H,26,29).